The number of hydrogen-bond acceptors (Lipinski definition) is 4. The highest BCUT2D eigenvalue weighted by molar-refractivity contribution is 7.25. The lowest BCUT2D eigenvalue weighted by atomic mass is 10.0. The quantitative estimate of drug-likeness (QED) is 0.137. The molecule has 10 rings (SSSR count). The molecule has 0 aliphatic carbocycles. The second kappa shape index (κ2) is 15.6. The lowest BCUT2D eigenvalue weighted by Crippen LogP contribution is -2.14. The summed E-state index contributed by atoms with van der Waals surface area (Å²) < 4.78 is 2.57. The number of hydrogen-bond donors (Lipinski definition) is 0. The number of anilines is 9. The summed E-state index contributed by atoms with van der Waals surface area (Å²) in [6, 6.07) is 84.7. The molecule has 10 aromatic rings. The largest absolute Gasteiger partial charge is 0.310 e. The topological polar surface area (TPSA) is 9.72 Å². The molecule has 1 aromatic heterocycles. The zero-order valence-corrected chi connectivity index (χ0v) is 32.6. The molecule has 0 fully saturated rings. The number of para-hydroxylation sites is 3. The SMILES string of the molecule is c1ccc(-c2ccc(N(c3ccccc3)c3cccc(N(c4cccc(N(c5ccccc5)c5ccccc5)c4)c4ccc5sc6ccccc6c5c4)c3)cc2)cc1. The van der Waals surface area contributed by atoms with Gasteiger partial charge >= 0.3 is 0 Å². The van der Waals surface area contributed by atoms with Crippen LogP contribution in [0.5, 0.6) is 0 Å². The van der Waals surface area contributed by atoms with E-state index in [4.69, 9.17) is 0 Å². The minimum atomic E-state index is 1.06. The molecule has 0 saturated heterocycles. The van der Waals surface area contributed by atoms with Crippen LogP contribution in [0, 0.1) is 0 Å². The van der Waals surface area contributed by atoms with Crippen molar-refractivity contribution in [2.24, 2.45) is 0 Å². The Balaban J connectivity index is 1.14. The molecule has 3 nitrogen and oxygen atoms in total. The zero-order valence-electron chi connectivity index (χ0n) is 31.8. The van der Waals surface area contributed by atoms with Gasteiger partial charge in [-0.05, 0) is 120 Å². The van der Waals surface area contributed by atoms with Crippen molar-refractivity contribution in [3.05, 3.63) is 237 Å². The van der Waals surface area contributed by atoms with Crippen molar-refractivity contribution in [3.8, 4) is 11.1 Å². The summed E-state index contributed by atoms with van der Waals surface area (Å²) in [5.41, 5.74) is 12.1. The molecule has 0 atom stereocenters. The molecule has 0 bridgehead atoms. The van der Waals surface area contributed by atoms with Crippen molar-refractivity contribution in [2.75, 3.05) is 14.7 Å². The second-order valence-electron chi connectivity index (χ2n) is 14.2. The van der Waals surface area contributed by atoms with E-state index in [1.807, 2.05) is 11.3 Å². The fourth-order valence-electron chi connectivity index (χ4n) is 7.90. The van der Waals surface area contributed by atoms with Crippen molar-refractivity contribution < 1.29 is 0 Å². The van der Waals surface area contributed by atoms with Gasteiger partial charge in [0.15, 0.2) is 0 Å². The first kappa shape index (κ1) is 35.0. The van der Waals surface area contributed by atoms with Crippen LogP contribution < -0.4 is 14.7 Å². The zero-order chi connectivity index (χ0) is 38.7. The van der Waals surface area contributed by atoms with Crippen LogP contribution in [-0.4, -0.2) is 0 Å². The number of nitrogens with zero attached hydrogens (tertiary/aromatic N) is 3. The summed E-state index contributed by atoms with van der Waals surface area (Å²) in [6.45, 7) is 0. The van der Waals surface area contributed by atoms with E-state index in [1.54, 1.807) is 0 Å². The Hall–Kier alpha value is -7.40. The van der Waals surface area contributed by atoms with E-state index in [1.165, 1.54) is 31.3 Å². The molecule has 4 heteroatoms. The summed E-state index contributed by atoms with van der Waals surface area (Å²) in [5.74, 6) is 0. The fraction of sp³-hybridized carbons (Fsp3) is 0. The molecule has 0 unspecified atom stereocenters. The average Bonchev–Trinajstić information content (AvgIpc) is 3.67. The molecular weight excluding hydrogens is 723 g/mol. The molecule has 0 saturated carbocycles. The number of thiophene rings is 1. The Bertz CT molecular complexity index is 2910. The number of rotatable bonds is 10. The Morgan fingerprint density at radius 2 is 0.569 bits per heavy atom. The summed E-state index contributed by atoms with van der Waals surface area (Å²) >= 11 is 1.84. The highest BCUT2D eigenvalue weighted by atomic mass is 32.1. The van der Waals surface area contributed by atoms with Gasteiger partial charge < -0.3 is 14.7 Å². The lowest BCUT2D eigenvalue weighted by Gasteiger charge is -2.31. The van der Waals surface area contributed by atoms with Gasteiger partial charge in [0.2, 0.25) is 0 Å². The van der Waals surface area contributed by atoms with Gasteiger partial charge in [-0.3, -0.25) is 0 Å². The van der Waals surface area contributed by atoms with Gasteiger partial charge in [0.05, 0.1) is 0 Å². The minimum Gasteiger partial charge on any atom is -0.310 e. The van der Waals surface area contributed by atoms with Crippen LogP contribution in [-0.2, 0) is 0 Å². The predicted octanol–water partition coefficient (Wildman–Crippen LogP) is 16.1. The monoisotopic (exact) mass is 761 g/mol. The Kier molecular flexibility index (Phi) is 9.44. The lowest BCUT2D eigenvalue weighted by molar-refractivity contribution is 1.24. The van der Waals surface area contributed by atoms with E-state index >= 15 is 0 Å². The third kappa shape index (κ3) is 6.87. The molecule has 276 valence electrons. The van der Waals surface area contributed by atoms with Gasteiger partial charge in [-0.15, -0.1) is 11.3 Å². The Morgan fingerprint density at radius 1 is 0.224 bits per heavy atom. The van der Waals surface area contributed by atoms with Crippen LogP contribution in [0.4, 0.5) is 51.2 Å². The van der Waals surface area contributed by atoms with Gasteiger partial charge in [-0.25, -0.2) is 0 Å². The predicted molar refractivity (Wildman–Crippen MR) is 249 cm³/mol. The van der Waals surface area contributed by atoms with Gasteiger partial charge in [0.1, 0.15) is 0 Å². The first-order chi connectivity index (χ1) is 28.8. The third-order valence-corrected chi connectivity index (χ3v) is 11.7. The maximum Gasteiger partial charge on any atom is 0.0482 e. The highest BCUT2D eigenvalue weighted by Gasteiger charge is 2.20. The van der Waals surface area contributed by atoms with Crippen LogP contribution >= 0.6 is 11.3 Å². The summed E-state index contributed by atoms with van der Waals surface area (Å²) in [6.07, 6.45) is 0. The van der Waals surface area contributed by atoms with Crippen molar-refractivity contribution in [1.82, 2.24) is 0 Å². The molecular formula is C54H39N3S. The van der Waals surface area contributed by atoms with Crippen molar-refractivity contribution in [2.45, 2.75) is 0 Å². The Morgan fingerprint density at radius 3 is 1.09 bits per heavy atom. The molecule has 0 amide bonds. The average molecular weight is 762 g/mol. The molecule has 0 aliphatic rings. The van der Waals surface area contributed by atoms with Crippen LogP contribution in [0.3, 0.4) is 0 Å². The van der Waals surface area contributed by atoms with Crippen LogP contribution in [0.2, 0.25) is 0 Å². The van der Waals surface area contributed by atoms with Gasteiger partial charge in [-0.1, -0.05) is 127 Å². The maximum atomic E-state index is 2.40. The molecule has 0 N–H and O–H groups in total. The van der Waals surface area contributed by atoms with E-state index in [9.17, 15) is 0 Å². The third-order valence-electron chi connectivity index (χ3n) is 10.6. The standard InChI is InChI=1S/C54H39N3S/c1-5-17-40(18-6-1)41-31-33-45(34-32-41)56(44-23-11-4-12-24-44)47-26-16-28-49(38-47)57(50-35-36-54-52(39-50)51-29-13-14-30-53(51)58-54)48-27-15-25-46(37-48)55(42-19-7-2-8-20-42)43-21-9-3-10-22-43/h1-39H. The van der Waals surface area contributed by atoms with Crippen molar-refractivity contribution in [3.63, 3.8) is 0 Å². The van der Waals surface area contributed by atoms with Gasteiger partial charge in [0, 0.05) is 71.4 Å². The first-order valence-corrected chi connectivity index (χ1v) is 20.4. The molecule has 58 heavy (non-hydrogen) atoms. The van der Waals surface area contributed by atoms with Crippen molar-refractivity contribution >= 4 is 82.7 Å². The number of fused-ring (bicyclic) bond motifs is 3. The molecule has 0 radical (unpaired) electrons. The van der Waals surface area contributed by atoms with E-state index in [2.05, 4.69) is 251 Å². The first-order valence-electron chi connectivity index (χ1n) is 19.6. The fourth-order valence-corrected chi connectivity index (χ4v) is 8.99. The van der Waals surface area contributed by atoms with Crippen LogP contribution in [0.1, 0.15) is 0 Å². The molecule has 9 aromatic carbocycles. The van der Waals surface area contributed by atoms with Crippen molar-refractivity contribution in [1.29, 1.82) is 0 Å². The summed E-state index contributed by atoms with van der Waals surface area (Å²) in [4.78, 5) is 7.06. The van der Waals surface area contributed by atoms with E-state index in [0.717, 1.165) is 51.2 Å². The second-order valence-corrected chi connectivity index (χ2v) is 15.3. The normalized spacial score (nSPS) is 11.1. The smallest absolute Gasteiger partial charge is 0.0482 e. The molecule has 1 heterocycles. The highest BCUT2D eigenvalue weighted by Crippen LogP contribution is 2.45. The van der Waals surface area contributed by atoms with E-state index in [-0.39, 0.29) is 0 Å². The summed E-state index contributed by atoms with van der Waals surface area (Å²) in [7, 11) is 0. The molecule has 0 aliphatic heterocycles. The maximum absolute atomic E-state index is 2.40. The van der Waals surface area contributed by atoms with E-state index in [0.29, 0.717) is 0 Å². The van der Waals surface area contributed by atoms with E-state index < -0.39 is 0 Å². The van der Waals surface area contributed by atoms with Crippen LogP contribution in [0.25, 0.3) is 31.3 Å². The Labute approximate surface area is 343 Å². The minimum absolute atomic E-state index is 1.06. The number of benzene rings is 9. The van der Waals surface area contributed by atoms with Crippen LogP contribution in [0.15, 0.2) is 237 Å². The summed E-state index contributed by atoms with van der Waals surface area (Å²) in [5, 5.41) is 2.54. The molecule has 0 spiro atoms. The van der Waals surface area contributed by atoms with Gasteiger partial charge in [-0.2, -0.15) is 0 Å². The van der Waals surface area contributed by atoms with Gasteiger partial charge in [0.25, 0.3) is 0 Å².